The van der Waals surface area contributed by atoms with Crippen LogP contribution in [0.15, 0.2) is 30.3 Å². The van der Waals surface area contributed by atoms with E-state index in [1.54, 1.807) is 0 Å². The molecule has 0 aliphatic heterocycles. The molecule has 0 aromatic heterocycles. The Morgan fingerprint density at radius 2 is 1.74 bits per heavy atom. The number of ether oxygens (including phenoxy) is 2. The number of carbonyl (C=O) groups excluding carboxylic acids is 1. The number of nitrogens with zero attached hydrogens (tertiary/aromatic N) is 2. The van der Waals surface area contributed by atoms with Crippen LogP contribution in [0, 0.1) is 0 Å². The molecule has 1 fully saturated rings. The van der Waals surface area contributed by atoms with Gasteiger partial charge in [0, 0.05) is 25.7 Å². The van der Waals surface area contributed by atoms with E-state index in [0.29, 0.717) is 19.3 Å². The average Bonchev–Trinajstić information content (AvgIpc) is 2.79. The van der Waals surface area contributed by atoms with Gasteiger partial charge in [0.05, 0.1) is 12.7 Å². The summed E-state index contributed by atoms with van der Waals surface area (Å²) in [6.45, 7) is 5.90. The van der Waals surface area contributed by atoms with E-state index in [4.69, 9.17) is 14.6 Å². The predicted octanol–water partition coefficient (Wildman–Crippen LogP) is 4.46. The minimum atomic E-state index is -0.208. The van der Waals surface area contributed by atoms with Gasteiger partial charge in [-0.3, -0.25) is 0 Å². The molecule has 0 saturated heterocycles. The molecule has 1 aliphatic carbocycles. The lowest BCUT2D eigenvalue weighted by atomic mass is 9.92. The van der Waals surface area contributed by atoms with Crippen LogP contribution in [-0.2, 0) is 16.1 Å². The number of rotatable bonds is 14. The Morgan fingerprint density at radius 1 is 1.03 bits per heavy atom. The summed E-state index contributed by atoms with van der Waals surface area (Å²) in [5.41, 5.74) is 1.01. The standard InChI is InChI=1S/C25H42N2O4/c1-3-27(25(29)31-21-22-11-7-6-8-12-22)23-13-15-24(16-14-23)30-20-10-5-4-9-17-26(2)18-19-28/h6-8,11-12,23-24,28H,3-5,9-10,13-21H2,1-2H3. The van der Waals surface area contributed by atoms with E-state index in [1.165, 1.54) is 19.3 Å². The van der Waals surface area contributed by atoms with E-state index >= 15 is 0 Å². The van der Waals surface area contributed by atoms with Gasteiger partial charge < -0.3 is 24.4 Å². The summed E-state index contributed by atoms with van der Waals surface area (Å²) in [4.78, 5) is 16.6. The number of hydrogen-bond acceptors (Lipinski definition) is 5. The molecule has 1 aromatic rings. The van der Waals surface area contributed by atoms with Gasteiger partial charge in [0.15, 0.2) is 0 Å². The monoisotopic (exact) mass is 434 g/mol. The Labute approximate surface area is 188 Å². The number of hydrogen-bond donors (Lipinski definition) is 1. The third kappa shape index (κ3) is 10.0. The van der Waals surface area contributed by atoms with Crippen molar-refractivity contribution in [1.82, 2.24) is 9.80 Å². The smallest absolute Gasteiger partial charge is 0.410 e. The van der Waals surface area contributed by atoms with Gasteiger partial charge in [-0.15, -0.1) is 0 Å². The molecule has 1 N–H and O–H groups in total. The Bertz CT molecular complexity index is 590. The zero-order valence-electron chi connectivity index (χ0n) is 19.5. The summed E-state index contributed by atoms with van der Waals surface area (Å²) in [5.74, 6) is 0. The van der Waals surface area contributed by atoms with Gasteiger partial charge in [0.25, 0.3) is 0 Å². The van der Waals surface area contributed by atoms with Gasteiger partial charge in [-0.25, -0.2) is 4.79 Å². The van der Waals surface area contributed by atoms with E-state index in [2.05, 4.69) is 11.9 Å². The van der Waals surface area contributed by atoms with E-state index in [0.717, 1.165) is 57.4 Å². The third-order valence-corrected chi connectivity index (χ3v) is 6.13. The fourth-order valence-corrected chi connectivity index (χ4v) is 4.23. The van der Waals surface area contributed by atoms with Gasteiger partial charge in [0.2, 0.25) is 0 Å². The Balaban J connectivity index is 1.56. The number of benzene rings is 1. The summed E-state index contributed by atoms with van der Waals surface area (Å²) >= 11 is 0. The highest BCUT2D eigenvalue weighted by atomic mass is 16.6. The van der Waals surface area contributed by atoms with Crippen LogP contribution in [0.5, 0.6) is 0 Å². The van der Waals surface area contributed by atoms with Crippen LogP contribution in [-0.4, -0.2) is 73.0 Å². The molecule has 1 saturated carbocycles. The van der Waals surface area contributed by atoms with Gasteiger partial charge in [-0.05, 0) is 64.6 Å². The molecule has 0 radical (unpaired) electrons. The van der Waals surface area contributed by atoms with Gasteiger partial charge >= 0.3 is 6.09 Å². The lowest BCUT2D eigenvalue weighted by Crippen LogP contribution is -2.43. The summed E-state index contributed by atoms with van der Waals surface area (Å²) < 4.78 is 11.6. The third-order valence-electron chi connectivity index (χ3n) is 6.13. The molecular weight excluding hydrogens is 392 g/mol. The zero-order chi connectivity index (χ0) is 22.3. The molecule has 176 valence electrons. The number of carbonyl (C=O) groups is 1. The van der Waals surface area contributed by atoms with Crippen LogP contribution < -0.4 is 0 Å². The van der Waals surface area contributed by atoms with Crippen molar-refractivity contribution in [3.63, 3.8) is 0 Å². The van der Waals surface area contributed by atoms with Crippen molar-refractivity contribution in [3.05, 3.63) is 35.9 Å². The van der Waals surface area contributed by atoms with Gasteiger partial charge in [-0.1, -0.05) is 43.2 Å². The van der Waals surface area contributed by atoms with E-state index in [1.807, 2.05) is 42.2 Å². The molecule has 1 aromatic carbocycles. The Kier molecular flexibility index (Phi) is 12.6. The highest BCUT2D eigenvalue weighted by Crippen LogP contribution is 2.26. The topological polar surface area (TPSA) is 62.2 Å². The Hall–Kier alpha value is -1.63. The maximum Gasteiger partial charge on any atom is 0.410 e. The predicted molar refractivity (Wildman–Crippen MR) is 124 cm³/mol. The molecule has 0 spiro atoms. The first-order valence-corrected chi connectivity index (χ1v) is 12.0. The number of amides is 1. The first-order valence-electron chi connectivity index (χ1n) is 12.0. The molecule has 6 heteroatoms. The number of aliphatic hydroxyl groups excluding tert-OH is 1. The molecule has 6 nitrogen and oxygen atoms in total. The second-order valence-corrected chi connectivity index (χ2v) is 8.57. The molecule has 1 amide bonds. The van der Waals surface area contributed by atoms with Crippen molar-refractivity contribution in [3.8, 4) is 0 Å². The lowest BCUT2D eigenvalue weighted by Gasteiger charge is -2.35. The van der Waals surface area contributed by atoms with Crippen molar-refractivity contribution in [2.24, 2.45) is 0 Å². The van der Waals surface area contributed by atoms with Crippen molar-refractivity contribution >= 4 is 6.09 Å². The van der Waals surface area contributed by atoms with Crippen LogP contribution in [0.3, 0.4) is 0 Å². The van der Waals surface area contributed by atoms with E-state index in [9.17, 15) is 4.79 Å². The summed E-state index contributed by atoms with van der Waals surface area (Å²) in [5, 5.41) is 8.90. The molecule has 0 atom stereocenters. The summed E-state index contributed by atoms with van der Waals surface area (Å²) in [6.07, 6.45) is 8.79. The second-order valence-electron chi connectivity index (χ2n) is 8.57. The molecule has 0 heterocycles. The highest BCUT2D eigenvalue weighted by Gasteiger charge is 2.29. The first kappa shape index (κ1) is 25.6. The van der Waals surface area contributed by atoms with E-state index in [-0.39, 0.29) is 18.7 Å². The van der Waals surface area contributed by atoms with Crippen LogP contribution in [0.25, 0.3) is 0 Å². The van der Waals surface area contributed by atoms with E-state index < -0.39 is 0 Å². The molecular formula is C25H42N2O4. The lowest BCUT2D eigenvalue weighted by molar-refractivity contribution is 0.00402. The summed E-state index contributed by atoms with van der Waals surface area (Å²) in [7, 11) is 2.05. The summed E-state index contributed by atoms with van der Waals surface area (Å²) in [6, 6.07) is 10.1. The van der Waals surface area contributed by atoms with Gasteiger partial charge in [0.1, 0.15) is 6.61 Å². The minimum Gasteiger partial charge on any atom is -0.445 e. The van der Waals surface area contributed by atoms with Crippen LogP contribution in [0.1, 0.15) is 63.9 Å². The fourth-order valence-electron chi connectivity index (χ4n) is 4.23. The molecule has 2 rings (SSSR count). The maximum atomic E-state index is 12.6. The first-order chi connectivity index (χ1) is 15.1. The fraction of sp³-hybridized carbons (Fsp3) is 0.720. The Morgan fingerprint density at radius 3 is 2.42 bits per heavy atom. The normalized spacial score (nSPS) is 18.8. The van der Waals surface area contributed by atoms with Crippen LogP contribution in [0.4, 0.5) is 4.79 Å². The van der Waals surface area contributed by atoms with Crippen molar-refractivity contribution in [2.75, 3.05) is 39.9 Å². The van der Waals surface area contributed by atoms with Crippen molar-refractivity contribution in [2.45, 2.75) is 77.0 Å². The average molecular weight is 435 g/mol. The van der Waals surface area contributed by atoms with Crippen molar-refractivity contribution < 1.29 is 19.4 Å². The van der Waals surface area contributed by atoms with Crippen molar-refractivity contribution in [1.29, 1.82) is 0 Å². The van der Waals surface area contributed by atoms with Crippen LogP contribution >= 0.6 is 0 Å². The molecule has 1 aliphatic rings. The quantitative estimate of drug-likeness (QED) is 0.438. The zero-order valence-corrected chi connectivity index (χ0v) is 19.5. The highest BCUT2D eigenvalue weighted by molar-refractivity contribution is 5.68. The molecule has 0 unspecified atom stereocenters. The molecule has 31 heavy (non-hydrogen) atoms. The number of likely N-dealkylation sites (N-methyl/N-ethyl adjacent to an activating group) is 1. The largest absolute Gasteiger partial charge is 0.445 e. The van der Waals surface area contributed by atoms with Crippen LogP contribution in [0.2, 0.25) is 0 Å². The van der Waals surface area contributed by atoms with Gasteiger partial charge in [-0.2, -0.15) is 0 Å². The maximum absolute atomic E-state index is 12.6. The molecule has 0 bridgehead atoms. The number of unbranched alkanes of at least 4 members (excludes halogenated alkanes) is 3. The second kappa shape index (κ2) is 15.2. The number of aliphatic hydroxyl groups is 1. The minimum absolute atomic E-state index is 0.208. The SMILES string of the molecule is CCN(C(=O)OCc1ccccc1)C1CCC(OCCCCCCN(C)CCO)CC1.